The average molecular weight is 504 g/mol. The Morgan fingerprint density at radius 2 is 1.97 bits per heavy atom. The molecule has 1 aliphatic carbocycles. The highest BCUT2D eigenvalue weighted by Gasteiger charge is 2.37. The van der Waals surface area contributed by atoms with Crippen LogP contribution in [0.25, 0.3) is 0 Å². The third-order valence-corrected chi connectivity index (χ3v) is 6.89. The van der Waals surface area contributed by atoms with Gasteiger partial charge in [-0.05, 0) is 81.9 Å². The monoisotopic (exact) mass is 503 g/mol. The number of carboxylic acid groups (broad SMARTS) is 1. The summed E-state index contributed by atoms with van der Waals surface area (Å²) in [6.07, 6.45) is 2.16. The van der Waals surface area contributed by atoms with E-state index < -0.39 is 29.6 Å². The molecule has 36 heavy (non-hydrogen) atoms. The Morgan fingerprint density at radius 3 is 2.58 bits per heavy atom. The van der Waals surface area contributed by atoms with Crippen molar-refractivity contribution in [2.75, 3.05) is 6.61 Å². The molecule has 198 valence electrons. The molecule has 1 aromatic carbocycles. The van der Waals surface area contributed by atoms with Crippen molar-refractivity contribution in [3.8, 4) is 0 Å². The molecule has 0 saturated heterocycles. The molecule has 10 nitrogen and oxygen atoms in total. The Hall–Kier alpha value is -3.14. The Bertz CT molecular complexity index is 1000. The normalized spacial score (nSPS) is 22.6. The summed E-state index contributed by atoms with van der Waals surface area (Å²) in [6.45, 7) is 5.71. The minimum Gasteiger partial charge on any atom is -0.481 e. The van der Waals surface area contributed by atoms with E-state index in [0.29, 0.717) is 12.0 Å². The second-order valence-electron chi connectivity index (χ2n) is 10.9. The summed E-state index contributed by atoms with van der Waals surface area (Å²) in [5, 5.41) is 21.7. The third kappa shape index (κ3) is 6.96. The molecule has 3 rings (SSSR count). The van der Waals surface area contributed by atoms with E-state index in [1.807, 2.05) is 32.9 Å². The zero-order valence-electron chi connectivity index (χ0n) is 21.2. The molecule has 10 heteroatoms. The summed E-state index contributed by atoms with van der Waals surface area (Å²) >= 11 is 0. The van der Waals surface area contributed by atoms with Gasteiger partial charge in [-0.1, -0.05) is 12.1 Å². The van der Waals surface area contributed by atoms with E-state index in [9.17, 15) is 24.3 Å². The molecule has 0 spiro atoms. The van der Waals surface area contributed by atoms with Crippen molar-refractivity contribution in [3.63, 3.8) is 0 Å². The highest BCUT2D eigenvalue weighted by atomic mass is 16.6. The van der Waals surface area contributed by atoms with Gasteiger partial charge in [-0.25, -0.2) is 4.79 Å². The molecule has 4 atom stereocenters. The predicted molar refractivity (Wildman–Crippen MR) is 131 cm³/mol. The van der Waals surface area contributed by atoms with Crippen LogP contribution >= 0.6 is 0 Å². The maximum absolute atomic E-state index is 12.9. The minimum atomic E-state index is -1.06. The minimum absolute atomic E-state index is 0.0418. The lowest BCUT2D eigenvalue weighted by atomic mass is 9.75. The molecular formula is C26H37N3O7. The van der Waals surface area contributed by atoms with Crippen molar-refractivity contribution in [2.24, 2.45) is 17.6 Å². The van der Waals surface area contributed by atoms with Crippen molar-refractivity contribution < 1.29 is 34.1 Å². The average Bonchev–Trinajstić information content (AvgIpc) is 3.09. The van der Waals surface area contributed by atoms with Crippen molar-refractivity contribution in [1.29, 1.82) is 0 Å². The van der Waals surface area contributed by atoms with E-state index >= 15 is 0 Å². The Balaban J connectivity index is 1.74. The summed E-state index contributed by atoms with van der Waals surface area (Å²) in [6, 6.07) is 4.42. The molecule has 1 aliphatic heterocycles. The van der Waals surface area contributed by atoms with Crippen LogP contribution in [0.4, 0.5) is 4.79 Å². The first-order valence-corrected chi connectivity index (χ1v) is 12.4. The van der Waals surface area contributed by atoms with Gasteiger partial charge in [-0.15, -0.1) is 0 Å². The van der Waals surface area contributed by atoms with Gasteiger partial charge in [0.15, 0.2) is 0 Å². The maximum atomic E-state index is 12.9. The quantitative estimate of drug-likeness (QED) is 0.402. The lowest BCUT2D eigenvalue weighted by molar-refractivity contribution is -0.137. The zero-order chi connectivity index (χ0) is 26.6. The topological polar surface area (TPSA) is 159 Å². The molecule has 0 radical (unpaired) electrons. The van der Waals surface area contributed by atoms with Crippen LogP contribution < -0.4 is 11.1 Å². The maximum Gasteiger partial charge on any atom is 0.407 e. The van der Waals surface area contributed by atoms with Crippen molar-refractivity contribution in [2.45, 2.75) is 83.5 Å². The highest BCUT2D eigenvalue weighted by molar-refractivity contribution is 6.01. The first-order chi connectivity index (χ1) is 16.9. The van der Waals surface area contributed by atoms with Crippen LogP contribution in [0.1, 0.15) is 74.4 Å². The van der Waals surface area contributed by atoms with Crippen molar-refractivity contribution >= 4 is 23.9 Å². The molecule has 0 bridgehead atoms. The summed E-state index contributed by atoms with van der Waals surface area (Å²) in [7, 11) is 0. The van der Waals surface area contributed by atoms with E-state index in [1.165, 1.54) is 4.90 Å². The number of alkyl carbamates (subject to hydrolysis) is 1. The van der Waals surface area contributed by atoms with Gasteiger partial charge < -0.3 is 30.9 Å². The molecule has 1 heterocycles. The molecule has 1 unspecified atom stereocenters. The molecule has 0 aromatic heterocycles. The number of ether oxygens (including phenoxy) is 1. The van der Waals surface area contributed by atoms with Crippen LogP contribution in [0, 0.1) is 11.8 Å². The first-order valence-electron chi connectivity index (χ1n) is 12.4. The summed E-state index contributed by atoms with van der Waals surface area (Å²) in [5.74, 6) is -1.90. The number of nitrogens with one attached hydrogen (secondary N) is 1. The van der Waals surface area contributed by atoms with Crippen LogP contribution in [0.3, 0.4) is 0 Å². The molecular weight excluding hydrogens is 466 g/mol. The van der Waals surface area contributed by atoms with Crippen molar-refractivity contribution in [1.82, 2.24) is 10.2 Å². The number of hydrogen-bond acceptors (Lipinski definition) is 6. The molecule has 5 N–H and O–H groups in total. The molecule has 3 amide bonds. The third-order valence-electron chi connectivity index (χ3n) is 6.89. The van der Waals surface area contributed by atoms with Gasteiger partial charge in [0.1, 0.15) is 11.6 Å². The number of aliphatic carboxylic acids is 1. The van der Waals surface area contributed by atoms with E-state index in [1.54, 1.807) is 6.07 Å². The number of aliphatic hydroxyl groups is 1. The van der Waals surface area contributed by atoms with Crippen molar-refractivity contribution in [3.05, 3.63) is 34.9 Å². The lowest BCUT2D eigenvalue weighted by Crippen LogP contribution is -2.46. The number of amides is 3. The lowest BCUT2D eigenvalue weighted by Gasteiger charge is -2.36. The van der Waals surface area contributed by atoms with Gasteiger partial charge in [0.25, 0.3) is 5.91 Å². The molecule has 1 aromatic rings. The standard InChI is InChI=1S/C26H37N3O7/c1-26(2,3)36-25(35)28-20-7-5-16(14-30)12-17(20)10-15-4-6-19-18(11-15)13-29(24(19)34)21(23(27)33)8-9-22(31)32/h4,6,11,16-17,20-21,30H,5,7-10,12-14H2,1-3H3,(H2,27,33)(H,28,35)(H,31,32)/t16?,17-,20-,21-/m0/s1. The van der Waals surface area contributed by atoms with Gasteiger partial charge >= 0.3 is 12.1 Å². The van der Waals surface area contributed by atoms with E-state index in [0.717, 1.165) is 30.4 Å². The number of nitrogens with two attached hydrogens (primary N) is 1. The number of carbonyl (C=O) groups excluding carboxylic acids is 3. The Kier molecular flexibility index (Phi) is 8.60. The predicted octanol–water partition coefficient (Wildman–Crippen LogP) is 2.21. The summed E-state index contributed by atoms with van der Waals surface area (Å²) in [5.41, 5.74) is 7.08. The fourth-order valence-corrected chi connectivity index (χ4v) is 5.19. The number of carbonyl (C=O) groups is 4. The number of primary amides is 1. The number of carboxylic acids is 1. The van der Waals surface area contributed by atoms with E-state index in [-0.39, 0.29) is 49.8 Å². The fourth-order valence-electron chi connectivity index (χ4n) is 5.19. The van der Waals surface area contributed by atoms with Crippen LogP contribution in [0.2, 0.25) is 0 Å². The molecule has 1 fully saturated rings. The largest absolute Gasteiger partial charge is 0.481 e. The summed E-state index contributed by atoms with van der Waals surface area (Å²) in [4.78, 5) is 49.6. The molecule has 2 aliphatic rings. The van der Waals surface area contributed by atoms with Crippen LogP contribution in [0.15, 0.2) is 18.2 Å². The number of benzene rings is 1. The Morgan fingerprint density at radius 1 is 1.25 bits per heavy atom. The van der Waals surface area contributed by atoms with Gasteiger partial charge in [0.2, 0.25) is 5.91 Å². The van der Waals surface area contributed by atoms with Crippen LogP contribution in [0.5, 0.6) is 0 Å². The number of rotatable bonds is 9. The smallest absolute Gasteiger partial charge is 0.407 e. The van der Waals surface area contributed by atoms with Gasteiger partial charge in [0, 0.05) is 31.2 Å². The fraction of sp³-hybridized carbons (Fsp3) is 0.615. The van der Waals surface area contributed by atoms with Gasteiger partial charge in [0.05, 0.1) is 0 Å². The van der Waals surface area contributed by atoms with Crippen LogP contribution in [-0.4, -0.2) is 63.3 Å². The SMILES string of the molecule is CC(C)(C)OC(=O)N[C@H]1CCC(CO)C[C@@H]1Cc1ccc2c(c1)CN([C@@H](CCC(=O)O)C(N)=O)C2=O. The zero-order valence-corrected chi connectivity index (χ0v) is 21.2. The second-order valence-corrected chi connectivity index (χ2v) is 10.9. The number of fused-ring (bicyclic) bond motifs is 1. The highest BCUT2D eigenvalue weighted by Crippen LogP contribution is 2.34. The number of aliphatic hydroxyl groups excluding tert-OH is 1. The first kappa shape index (κ1) is 27.4. The second kappa shape index (κ2) is 11.3. The van der Waals surface area contributed by atoms with Gasteiger partial charge in [-0.2, -0.15) is 0 Å². The Labute approximate surface area is 211 Å². The van der Waals surface area contributed by atoms with E-state index in [2.05, 4.69) is 5.32 Å². The molecule has 1 saturated carbocycles. The van der Waals surface area contributed by atoms with Gasteiger partial charge in [-0.3, -0.25) is 14.4 Å². The number of nitrogens with zero attached hydrogens (tertiary/aromatic N) is 1. The summed E-state index contributed by atoms with van der Waals surface area (Å²) < 4.78 is 5.44. The number of hydrogen-bond donors (Lipinski definition) is 4. The van der Waals surface area contributed by atoms with E-state index in [4.69, 9.17) is 15.6 Å². The van der Waals surface area contributed by atoms with Crippen LogP contribution in [-0.2, 0) is 27.3 Å².